The van der Waals surface area contributed by atoms with Gasteiger partial charge >= 0.3 is 0 Å². The van der Waals surface area contributed by atoms with Crippen LogP contribution in [-0.4, -0.2) is 45.4 Å². The van der Waals surface area contributed by atoms with E-state index in [1.54, 1.807) is 0 Å². The second-order valence-corrected chi connectivity index (χ2v) is 8.10. The monoisotopic (exact) mass is 404 g/mol. The summed E-state index contributed by atoms with van der Waals surface area (Å²) in [5, 5.41) is 3.11. The molecule has 3 aliphatic rings. The summed E-state index contributed by atoms with van der Waals surface area (Å²) in [6, 6.07) is 6.19. The summed E-state index contributed by atoms with van der Waals surface area (Å²) in [5.41, 5.74) is 8.79. The molecule has 0 bridgehead atoms. The van der Waals surface area contributed by atoms with Crippen molar-refractivity contribution < 1.29 is 23.7 Å². The second-order valence-electron chi connectivity index (χ2n) is 8.10. The second kappa shape index (κ2) is 10.00. The van der Waals surface area contributed by atoms with Gasteiger partial charge in [0.15, 0.2) is 12.6 Å². The van der Waals surface area contributed by atoms with E-state index >= 15 is 0 Å². The Morgan fingerprint density at radius 1 is 0.931 bits per heavy atom. The van der Waals surface area contributed by atoms with Gasteiger partial charge in [0.2, 0.25) is 5.91 Å². The SMILES string of the molecule is NC[C@H]1CC[C@H](C(=O)NCCc2ccc(C3OCCO3)c(C3OCCO3)c2)CC1. The van der Waals surface area contributed by atoms with Crippen molar-refractivity contribution in [2.45, 2.75) is 44.7 Å². The smallest absolute Gasteiger partial charge is 0.223 e. The molecule has 7 heteroatoms. The van der Waals surface area contributed by atoms with Gasteiger partial charge < -0.3 is 30.0 Å². The Morgan fingerprint density at radius 3 is 2.17 bits per heavy atom. The Hall–Kier alpha value is -1.51. The van der Waals surface area contributed by atoms with Crippen molar-refractivity contribution in [3.8, 4) is 0 Å². The first-order valence-corrected chi connectivity index (χ1v) is 10.8. The zero-order chi connectivity index (χ0) is 20.1. The van der Waals surface area contributed by atoms with Crippen LogP contribution in [0, 0.1) is 11.8 Å². The molecule has 0 radical (unpaired) electrons. The summed E-state index contributed by atoms with van der Waals surface area (Å²) in [4.78, 5) is 12.5. The lowest BCUT2D eigenvalue weighted by Crippen LogP contribution is -2.35. The molecule has 3 fully saturated rings. The third kappa shape index (κ3) is 5.16. The van der Waals surface area contributed by atoms with Crippen molar-refractivity contribution in [1.82, 2.24) is 5.32 Å². The summed E-state index contributed by atoms with van der Waals surface area (Å²) in [6.45, 7) is 3.72. The Morgan fingerprint density at radius 2 is 1.55 bits per heavy atom. The van der Waals surface area contributed by atoms with E-state index in [4.69, 9.17) is 24.7 Å². The normalized spacial score (nSPS) is 26.1. The third-order valence-corrected chi connectivity index (χ3v) is 6.17. The predicted molar refractivity (Wildman–Crippen MR) is 107 cm³/mol. The van der Waals surface area contributed by atoms with E-state index in [0.29, 0.717) is 38.9 Å². The van der Waals surface area contributed by atoms with Gasteiger partial charge in [-0.15, -0.1) is 0 Å². The summed E-state index contributed by atoms with van der Waals surface area (Å²) in [6.07, 6.45) is 4.03. The number of ether oxygens (including phenoxy) is 4. The predicted octanol–water partition coefficient (Wildman–Crippen LogP) is 2.20. The maximum absolute atomic E-state index is 12.5. The lowest BCUT2D eigenvalue weighted by atomic mass is 9.81. The minimum Gasteiger partial charge on any atom is -0.356 e. The van der Waals surface area contributed by atoms with Crippen molar-refractivity contribution in [3.05, 3.63) is 34.9 Å². The van der Waals surface area contributed by atoms with Crippen molar-refractivity contribution >= 4 is 5.91 Å². The minimum atomic E-state index is -0.384. The van der Waals surface area contributed by atoms with Crippen LogP contribution in [0.4, 0.5) is 0 Å². The van der Waals surface area contributed by atoms with E-state index in [-0.39, 0.29) is 24.4 Å². The summed E-state index contributed by atoms with van der Waals surface area (Å²) >= 11 is 0. The van der Waals surface area contributed by atoms with Crippen molar-refractivity contribution in [2.24, 2.45) is 17.6 Å². The van der Waals surface area contributed by atoms with Crippen LogP contribution < -0.4 is 11.1 Å². The zero-order valence-corrected chi connectivity index (χ0v) is 16.9. The Bertz CT molecular complexity index is 678. The number of carbonyl (C=O) groups excluding carboxylic acids is 1. The summed E-state index contributed by atoms with van der Waals surface area (Å²) < 4.78 is 22.8. The molecular weight excluding hydrogens is 372 g/mol. The molecular formula is C22H32N2O5. The number of rotatable bonds is 7. The van der Waals surface area contributed by atoms with Crippen molar-refractivity contribution in [2.75, 3.05) is 39.5 Å². The molecule has 0 unspecified atom stereocenters. The number of hydrogen-bond acceptors (Lipinski definition) is 6. The van der Waals surface area contributed by atoms with E-state index in [1.165, 1.54) is 0 Å². The molecule has 0 spiro atoms. The minimum absolute atomic E-state index is 0.132. The van der Waals surface area contributed by atoms with Gasteiger partial charge in [0, 0.05) is 23.6 Å². The zero-order valence-electron chi connectivity index (χ0n) is 16.9. The molecule has 29 heavy (non-hydrogen) atoms. The third-order valence-electron chi connectivity index (χ3n) is 6.17. The van der Waals surface area contributed by atoms with Crippen LogP contribution >= 0.6 is 0 Å². The number of benzene rings is 1. The highest BCUT2D eigenvalue weighted by Gasteiger charge is 2.28. The first-order valence-electron chi connectivity index (χ1n) is 10.8. The molecule has 3 N–H and O–H groups in total. The highest BCUT2D eigenvalue weighted by molar-refractivity contribution is 5.78. The van der Waals surface area contributed by atoms with Crippen LogP contribution in [0.25, 0.3) is 0 Å². The highest BCUT2D eigenvalue weighted by atomic mass is 16.7. The largest absolute Gasteiger partial charge is 0.356 e. The molecule has 4 rings (SSSR count). The quantitative estimate of drug-likeness (QED) is 0.724. The number of amides is 1. The number of hydrogen-bond donors (Lipinski definition) is 2. The topological polar surface area (TPSA) is 92.0 Å². The van der Waals surface area contributed by atoms with Crippen molar-refractivity contribution in [3.63, 3.8) is 0 Å². The molecule has 1 aromatic carbocycles. The Balaban J connectivity index is 1.34. The van der Waals surface area contributed by atoms with Gasteiger partial charge in [-0.1, -0.05) is 18.2 Å². The van der Waals surface area contributed by atoms with E-state index in [9.17, 15) is 4.79 Å². The van der Waals surface area contributed by atoms with E-state index in [0.717, 1.165) is 55.3 Å². The maximum atomic E-state index is 12.5. The first kappa shape index (κ1) is 20.8. The van der Waals surface area contributed by atoms with Gasteiger partial charge in [-0.25, -0.2) is 0 Å². The Kier molecular flexibility index (Phi) is 7.15. The molecule has 160 valence electrons. The van der Waals surface area contributed by atoms with E-state index in [1.807, 2.05) is 6.07 Å². The Labute approximate surface area is 172 Å². The molecule has 1 aromatic rings. The molecule has 0 atom stereocenters. The van der Waals surface area contributed by atoms with Crippen LogP contribution in [0.3, 0.4) is 0 Å². The number of nitrogens with one attached hydrogen (secondary N) is 1. The molecule has 1 aliphatic carbocycles. The summed E-state index contributed by atoms with van der Waals surface area (Å²) in [5.74, 6) is 0.893. The van der Waals surface area contributed by atoms with Crippen LogP contribution in [0.2, 0.25) is 0 Å². The molecule has 7 nitrogen and oxygen atoms in total. The maximum Gasteiger partial charge on any atom is 0.223 e. The van der Waals surface area contributed by atoms with Gasteiger partial charge in [-0.05, 0) is 50.1 Å². The van der Waals surface area contributed by atoms with Crippen LogP contribution in [0.1, 0.15) is 55.0 Å². The van der Waals surface area contributed by atoms with Gasteiger partial charge in [-0.3, -0.25) is 4.79 Å². The molecule has 2 aliphatic heterocycles. The fourth-order valence-corrected chi connectivity index (χ4v) is 4.41. The molecule has 2 heterocycles. The van der Waals surface area contributed by atoms with E-state index < -0.39 is 0 Å². The molecule has 1 saturated carbocycles. The van der Waals surface area contributed by atoms with Crippen LogP contribution in [0.15, 0.2) is 18.2 Å². The highest BCUT2D eigenvalue weighted by Crippen LogP contribution is 2.34. The average molecular weight is 405 g/mol. The standard InChI is InChI=1S/C22H32N2O5/c23-14-16-1-4-17(5-2-16)20(25)24-8-7-15-3-6-18(21-26-9-10-27-21)19(13-15)22-28-11-12-29-22/h3,6,13,16-17,21-22H,1-2,4-5,7-12,14,23H2,(H,24,25)/t16-,17-. The van der Waals surface area contributed by atoms with Crippen LogP contribution in [0.5, 0.6) is 0 Å². The molecule has 2 saturated heterocycles. The molecule has 0 aromatic heterocycles. The van der Waals surface area contributed by atoms with Gasteiger partial charge in [0.05, 0.1) is 26.4 Å². The lowest BCUT2D eigenvalue weighted by molar-refractivity contribution is -0.126. The van der Waals surface area contributed by atoms with Gasteiger partial charge in [0.25, 0.3) is 0 Å². The number of nitrogens with two attached hydrogens (primary N) is 1. The lowest BCUT2D eigenvalue weighted by Gasteiger charge is -2.26. The van der Waals surface area contributed by atoms with Gasteiger partial charge in [0.1, 0.15) is 0 Å². The van der Waals surface area contributed by atoms with Crippen molar-refractivity contribution in [1.29, 1.82) is 0 Å². The van der Waals surface area contributed by atoms with Crippen LogP contribution in [-0.2, 0) is 30.2 Å². The first-order chi connectivity index (χ1) is 14.2. The fraction of sp³-hybridized carbons (Fsp3) is 0.682. The number of carbonyl (C=O) groups is 1. The average Bonchev–Trinajstić information content (AvgIpc) is 3.48. The van der Waals surface area contributed by atoms with Gasteiger partial charge in [-0.2, -0.15) is 0 Å². The molecule has 1 amide bonds. The van der Waals surface area contributed by atoms with E-state index in [2.05, 4.69) is 17.4 Å². The fourth-order valence-electron chi connectivity index (χ4n) is 4.41. The summed E-state index contributed by atoms with van der Waals surface area (Å²) in [7, 11) is 0.